The first kappa shape index (κ1) is 102. The van der Waals surface area contributed by atoms with Crippen LogP contribution in [-0.4, -0.2) is 74.9 Å². The summed E-state index contributed by atoms with van der Waals surface area (Å²) in [6, 6.07) is 0. The van der Waals surface area contributed by atoms with E-state index in [1.165, 1.54) is 250 Å². The molecule has 2 atom stereocenters. The molecule has 0 bridgehead atoms. The lowest BCUT2D eigenvalue weighted by molar-refractivity contribution is -0.870. The maximum Gasteiger partial charge on any atom is 0.472 e. The molecule has 0 aliphatic rings. The quantitative estimate of drug-likeness (QED) is 0.0211. The number of quaternary nitrogens is 1. The zero-order valence-corrected chi connectivity index (χ0v) is 70.8. The number of likely N-dealkylation sites (N-methyl/N-ethyl adjacent to an activating group) is 1. The van der Waals surface area contributed by atoms with Crippen LogP contribution in [0.25, 0.3) is 0 Å². The molecule has 0 fully saturated rings. The van der Waals surface area contributed by atoms with Crippen LogP contribution in [0.3, 0.4) is 0 Å². The minimum absolute atomic E-state index is 0.0245. The second-order valence-corrected chi connectivity index (χ2v) is 32.4. The average Bonchev–Trinajstić information content (AvgIpc) is 0.908. The molecule has 0 aliphatic carbocycles. The van der Waals surface area contributed by atoms with Gasteiger partial charge in [0.25, 0.3) is 0 Å². The SMILES string of the molecule is CC/C=C\C/C=C\C/C=C\C/C=C\C/C=C\C/C=C\C/C=C\C/C=C\C/C=C\C/C=C\C/C=C\CCCCCCCCCC(=O)OC(COC(=O)CCCCCCCCCCCCCCCCCCCCCCCCCCCCCCC/C=C\CCCCCCCCCC)COP(=O)(O)OCC[N+](C)(C)C. The van der Waals surface area contributed by atoms with Gasteiger partial charge in [0.2, 0.25) is 0 Å². The number of rotatable bonds is 82. The van der Waals surface area contributed by atoms with E-state index in [1.807, 2.05) is 21.1 Å². The van der Waals surface area contributed by atoms with Crippen molar-refractivity contribution in [3.8, 4) is 0 Å². The first-order valence-corrected chi connectivity index (χ1v) is 46.1. The molecule has 610 valence electrons. The van der Waals surface area contributed by atoms with E-state index in [4.69, 9.17) is 18.5 Å². The van der Waals surface area contributed by atoms with Crippen molar-refractivity contribution >= 4 is 19.8 Å². The number of nitrogens with zero attached hydrogens (tertiary/aromatic N) is 1. The Morgan fingerprint density at radius 2 is 0.538 bits per heavy atom. The van der Waals surface area contributed by atoms with Crippen molar-refractivity contribution < 1.29 is 42.1 Å². The number of allylic oxidation sites excluding steroid dienone is 24. The van der Waals surface area contributed by atoms with Crippen LogP contribution in [0, 0.1) is 0 Å². The Balaban J connectivity index is 3.97. The molecule has 0 rings (SSSR count). The molecule has 0 aromatic rings. The van der Waals surface area contributed by atoms with Gasteiger partial charge in [-0.25, -0.2) is 4.57 Å². The largest absolute Gasteiger partial charge is 0.472 e. The van der Waals surface area contributed by atoms with E-state index in [1.54, 1.807) is 0 Å². The van der Waals surface area contributed by atoms with Gasteiger partial charge in [0, 0.05) is 12.8 Å². The summed E-state index contributed by atoms with van der Waals surface area (Å²) in [4.78, 5) is 36.1. The smallest absolute Gasteiger partial charge is 0.462 e. The summed E-state index contributed by atoms with van der Waals surface area (Å²) in [6.07, 6.45) is 126. The highest BCUT2D eigenvalue weighted by atomic mass is 31.2. The van der Waals surface area contributed by atoms with Gasteiger partial charge in [-0.15, -0.1) is 0 Å². The molecule has 0 amide bonds. The normalized spacial score (nSPS) is 13.7. The fraction of sp³-hybridized carbons (Fsp3) is 0.729. The number of carbonyl (C=O) groups is 2. The third-order valence-corrected chi connectivity index (χ3v) is 20.3. The first-order valence-electron chi connectivity index (χ1n) is 44.6. The summed E-state index contributed by atoms with van der Waals surface area (Å²) >= 11 is 0. The van der Waals surface area contributed by atoms with E-state index in [2.05, 4.69) is 160 Å². The molecule has 0 aromatic carbocycles. The summed E-state index contributed by atoms with van der Waals surface area (Å²) in [7, 11) is 1.47. The molecule has 9 nitrogen and oxygen atoms in total. The molecule has 0 aliphatic heterocycles. The number of hydrogen-bond donors (Lipinski definition) is 1. The van der Waals surface area contributed by atoms with Gasteiger partial charge in [-0.2, -0.15) is 0 Å². The van der Waals surface area contributed by atoms with Crippen LogP contribution < -0.4 is 0 Å². The molecule has 0 heterocycles. The van der Waals surface area contributed by atoms with Gasteiger partial charge < -0.3 is 18.9 Å². The molecule has 1 N–H and O–H groups in total. The number of phosphoric acid groups is 1. The fourth-order valence-electron chi connectivity index (χ4n) is 12.6. The highest BCUT2D eigenvalue weighted by Gasteiger charge is 2.27. The lowest BCUT2D eigenvalue weighted by atomic mass is 10.0. The van der Waals surface area contributed by atoms with Crippen LogP contribution in [0.4, 0.5) is 0 Å². The van der Waals surface area contributed by atoms with E-state index in [0.717, 1.165) is 116 Å². The summed E-state index contributed by atoms with van der Waals surface area (Å²) in [5.74, 6) is -0.803. The van der Waals surface area contributed by atoms with Gasteiger partial charge in [-0.1, -0.05) is 410 Å². The molecule has 106 heavy (non-hydrogen) atoms. The maximum absolute atomic E-state index is 12.9. The van der Waals surface area contributed by atoms with Crippen LogP contribution in [-0.2, 0) is 32.7 Å². The van der Waals surface area contributed by atoms with Gasteiger partial charge in [0.05, 0.1) is 27.7 Å². The number of hydrogen-bond acceptors (Lipinski definition) is 7. The summed E-state index contributed by atoms with van der Waals surface area (Å²) in [6.45, 7) is 4.34. The summed E-state index contributed by atoms with van der Waals surface area (Å²) in [5, 5.41) is 0. The van der Waals surface area contributed by atoms with Crippen molar-refractivity contribution in [3.05, 3.63) is 146 Å². The molecule has 10 heteroatoms. The van der Waals surface area contributed by atoms with Crippen LogP contribution in [0.2, 0.25) is 0 Å². The average molecular weight is 1500 g/mol. The Bertz CT molecular complexity index is 2310. The topological polar surface area (TPSA) is 108 Å². The Morgan fingerprint density at radius 3 is 0.811 bits per heavy atom. The van der Waals surface area contributed by atoms with E-state index in [-0.39, 0.29) is 32.0 Å². The lowest BCUT2D eigenvalue weighted by Gasteiger charge is -2.24. The molecular weight excluding hydrogens is 1330 g/mol. The Morgan fingerprint density at radius 1 is 0.302 bits per heavy atom. The minimum Gasteiger partial charge on any atom is -0.462 e. The number of unbranched alkanes of at least 4 members (excludes halogenated alkanes) is 44. The molecule has 0 aromatic heterocycles. The lowest BCUT2D eigenvalue weighted by Crippen LogP contribution is -2.37. The third-order valence-electron chi connectivity index (χ3n) is 19.4. The first-order chi connectivity index (χ1) is 52.0. The van der Waals surface area contributed by atoms with Crippen LogP contribution in [0.1, 0.15) is 399 Å². The van der Waals surface area contributed by atoms with Crippen LogP contribution in [0.5, 0.6) is 0 Å². The second-order valence-electron chi connectivity index (χ2n) is 30.9. The van der Waals surface area contributed by atoms with Crippen molar-refractivity contribution in [3.63, 3.8) is 0 Å². The Hall–Kier alpha value is -4.11. The maximum atomic E-state index is 12.9. The van der Waals surface area contributed by atoms with Gasteiger partial charge in [-0.3, -0.25) is 18.6 Å². The summed E-state index contributed by atoms with van der Waals surface area (Å²) < 4.78 is 34.9. The van der Waals surface area contributed by atoms with Gasteiger partial charge >= 0.3 is 19.8 Å². The van der Waals surface area contributed by atoms with Crippen LogP contribution in [0.15, 0.2) is 146 Å². The predicted molar refractivity (Wildman–Crippen MR) is 464 cm³/mol. The Kier molecular flexibility index (Phi) is 81.6. The molecule has 2 unspecified atom stereocenters. The van der Waals surface area contributed by atoms with Crippen molar-refractivity contribution in [2.75, 3.05) is 47.5 Å². The standard InChI is InChI=1S/C96H168NO8P/c1-6-8-10-12-14-16-18-20-22-24-26-28-30-32-34-36-38-40-42-44-46-48-50-52-54-56-58-60-62-64-66-68-70-72-74-76-78-80-82-84-86-88-95(98)102-92-94(93-104-106(100,101)103-91-90-97(3,4)5)105-96(99)89-87-85-83-81-79-77-75-73-71-69-67-65-63-61-59-57-55-53-51-49-47-45-43-41-39-37-35-33-31-29-27-25-23-21-19-17-15-13-11-9-7-2/h9,11,15,17,21,23-24,26-27,29,33,35,39,41,45,47,51,53,57,59,63,65,69,71,94H,6-8,10,12-14,16,18-20,22,25,28,30-32,34,36-38,40,42-44,46,48-50,52,54-56,58,60-62,64,66-68,70,72-93H2,1-5H3/p+1/b11-9-,17-15-,23-21-,26-24-,29-27-,35-33-,41-39-,47-45-,53-51-,59-57-,65-63-,71-69-. The van der Waals surface area contributed by atoms with Gasteiger partial charge in [-0.05, 0) is 122 Å². The zero-order valence-electron chi connectivity index (χ0n) is 69.9. The van der Waals surface area contributed by atoms with Crippen molar-refractivity contribution in [1.29, 1.82) is 0 Å². The molecule has 0 radical (unpaired) electrons. The Labute approximate surface area is 656 Å². The van der Waals surface area contributed by atoms with Crippen molar-refractivity contribution in [1.82, 2.24) is 0 Å². The third kappa shape index (κ3) is 88.8. The van der Waals surface area contributed by atoms with Crippen molar-refractivity contribution in [2.24, 2.45) is 0 Å². The predicted octanol–water partition coefficient (Wildman–Crippen LogP) is 30.4. The minimum atomic E-state index is -4.41. The fourth-order valence-corrected chi connectivity index (χ4v) is 13.4. The highest BCUT2D eigenvalue weighted by molar-refractivity contribution is 7.47. The van der Waals surface area contributed by atoms with E-state index in [0.29, 0.717) is 17.4 Å². The summed E-state index contributed by atoms with van der Waals surface area (Å²) in [5.41, 5.74) is 0. The molecular formula is C96H169NO8P+. The van der Waals surface area contributed by atoms with Gasteiger partial charge in [0.15, 0.2) is 6.10 Å². The number of ether oxygens (including phenoxy) is 2. The number of esters is 2. The van der Waals surface area contributed by atoms with E-state index < -0.39 is 26.5 Å². The van der Waals surface area contributed by atoms with Gasteiger partial charge in [0.1, 0.15) is 19.8 Å². The number of phosphoric ester groups is 1. The molecule has 0 saturated carbocycles. The second kappa shape index (κ2) is 84.9. The zero-order chi connectivity index (χ0) is 76.8. The molecule has 0 saturated heterocycles. The highest BCUT2D eigenvalue weighted by Crippen LogP contribution is 2.43. The van der Waals surface area contributed by atoms with E-state index >= 15 is 0 Å². The molecule has 0 spiro atoms. The van der Waals surface area contributed by atoms with E-state index in [9.17, 15) is 19.0 Å². The van der Waals surface area contributed by atoms with Crippen molar-refractivity contribution in [2.45, 2.75) is 405 Å². The van der Waals surface area contributed by atoms with Crippen LogP contribution >= 0.6 is 7.82 Å². The number of carbonyl (C=O) groups excluding carboxylic acids is 2. The monoisotopic (exact) mass is 1500 g/mol.